The zero-order valence-electron chi connectivity index (χ0n) is 20.1. The van der Waals surface area contributed by atoms with Gasteiger partial charge < -0.3 is 15.0 Å². The first-order valence-corrected chi connectivity index (χ1v) is 12.3. The van der Waals surface area contributed by atoms with E-state index in [-0.39, 0.29) is 29.7 Å². The first kappa shape index (κ1) is 25.2. The van der Waals surface area contributed by atoms with Gasteiger partial charge in [0.2, 0.25) is 5.91 Å². The Morgan fingerprint density at radius 1 is 1.19 bits per heavy atom. The van der Waals surface area contributed by atoms with E-state index in [2.05, 4.69) is 10.3 Å². The summed E-state index contributed by atoms with van der Waals surface area (Å²) in [7, 11) is 0. The zero-order valence-corrected chi connectivity index (χ0v) is 21.0. The number of aliphatic imine (C=N–C) groups is 1. The molecule has 0 radical (unpaired) electrons. The Bertz CT molecular complexity index is 1290. The molecule has 0 aliphatic carbocycles. The van der Waals surface area contributed by atoms with Crippen LogP contribution < -0.4 is 5.32 Å². The number of ether oxygens (including phenoxy) is 1. The third-order valence-electron chi connectivity index (χ3n) is 5.63. The van der Waals surface area contributed by atoms with Gasteiger partial charge in [-0.25, -0.2) is 9.79 Å². The minimum atomic E-state index is -0.730. The first-order valence-electron chi connectivity index (χ1n) is 11.4. The number of hydrogen-bond acceptors (Lipinski definition) is 8. The highest BCUT2D eigenvalue weighted by atomic mass is 32.2. The second-order valence-corrected chi connectivity index (χ2v) is 9.47. The molecule has 1 unspecified atom stereocenters. The summed E-state index contributed by atoms with van der Waals surface area (Å²) in [4.78, 5) is 43.4. The number of benzene rings is 2. The molecule has 0 fully saturated rings. The van der Waals surface area contributed by atoms with Gasteiger partial charge in [0.1, 0.15) is 0 Å². The molecule has 9 nitrogen and oxygen atoms in total. The molecule has 186 valence electrons. The smallest absolute Gasteiger partial charge is 0.338 e. The Kier molecular flexibility index (Phi) is 7.54. The van der Waals surface area contributed by atoms with Crippen molar-refractivity contribution in [3.05, 3.63) is 98.2 Å². The van der Waals surface area contributed by atoms with Crippen molar-refractivity contribution in [2.45, 2.75) is 45.9 Å². The number of non-ortho nitro benzene ring substituents is 1. The van der Waals surface area contributed by atoms with Crippen LogP contribution in [0.1, 0.15) is 44.4 Å². The average molecular weight is 507 g/mol. The molecular weight excluding hydrogens is 480 g/mol. The van der Waals surface area contributed by atoms with Crippen LogP contribution in [-0.4, -0.2) is 33.0 Å². The first-order chi connectivity index (χ1) is 17.2. The summed E-state index contributed by atoms with van der Waals surface area (Å²) in [5.74, 6) is -0.742. The van der Waals surface area contributed by atoms with E-state index in [1.807, 2.05) is 35.7 Å². The van der Waals surface area contributed by atoms with Gasteiger partial charge in [-0.2, -0.15) is 0 Å². The van der Waals surface area contributed by atoms with Crippen molar-refractivity contribution >= 4 is 34.5 Å². The number of nitrogens with one attached hydrogen (secondary N) is 1. The summed E-state index contributed by atoms with van der Waals surface area (Å²) in [6.07, 6.45) is -0.309. The molecule has 1 atom stereocenters. The lowest BCUT2D eigenvalue weighted by atomic mass is 9.93. The van der Waals surface area contributed by atoms with Crippen LogP contribution in [0.5, 0.6) is 0 Å². The van der Waals surface area contributed by atoms with E-state index in [9.17, 15) is 19.7 Å². The van der Waals surface area contributed by atoms with Crippen LogP contribution in [0.15, 0.2) is 82.0 Å². The lowest BCUT2D eigenvalue weighted by Crippen LogP contribution is -2.38. The van der Waals surface area contributed by atoms with Gasteiger partial charge in [0.15, 0.2) is 5.17 Å². The summed E-state index contributed by atoms with van der Waals surface area (Å²) in [5.41, 5.74) is 2.81. The zero-order chi connectivity index (χ0) is 25.8. The molecule has 0 bridgehead atoms. The van der Waals surface area contributed by atoms with E-state index in [0.29, 0.717) is 28.7 Å². The molecule has 4 rings (SSSR count). The fourth-order valence-corrected chi connectivity index (χ4v) is 5.02. The summed E-state index contributed by atoms with van der Waals surface area (Å²) in [6, 6.07) is 15.0. The number of fused-ring (bicyclic) bond motifs is 1. The number of esters is 1. The number of nitrogens with zero attached hydrogens (tertiary/aromatic N) is 3. The molecule has 0 saturated heterocycles. The lowest BCUT2D eigenvalue weighted by molar-refractivity contribution is -0.384. The van der Waals surface area contributed by atoms with Gasteiger partial charge in [0.25, 0.3) is 5.69 Å². The molecule has 2 aliphatic heterocycles. The highest BCUT2D eigenvalue weighted by Gasteiger charge is 2.41. The van der Waals surface area contributed by atoms with Crippen LogP contribution >= 0.6 is 11.8 Å². The van der Waals surface area contributed by atoms with Gasteiger partial charge in [-0.3, -0.25) is 14.9 Å². The van der Waals surface area contributed by atoms with Crippen LogP contribution in [0.3, 0.4) is 0 Å². The molecule has 0 saturated carbocycles. The van der Waals surface area contributed by atoms with E-state index in [1.165, 1.54) is 23.9 Å². The van der Waals surface area contributed by atoms with Gasteiger partial charge in [-0.1, -0.05) is 54.2 Å². The lowest BCUT2D eigenvalue weighted by Gasteiger charge is -2.36. The fourth-order valence-electron chi connectivity index (χ4n) is 4.06. The highest BCUT2D eigenvalue weighted by molar-refractivity contribution is 8.16. The predicted molar refractivity (Wildman–Crippen MR) is 138 cm³/mol. The second-order valence-electron chi connectivity index (χ2n) is 8.64. The molecule has 10 heteroatoms. The van der Waals surface area contributed by atoms with Crippen LogP contribution in [0.25, 0.3) is 0 Å². The molecule has 0 spiro atoms. The van der Waals surface area contributed by atoms with Crippen molar-refractivity contribution in [1.29, 1.82) is 0 Å². The monoisotopic (exact) mass is 506 g/mol. The van der Waals surface area contributed by atoms with Crippen molar-refractivity contribution in [2.24, 2.45) is 4.99 Å². The largest absolute Gasteiger partial charge is 0.459 e. The molecule has 2 aromatic rings. The summed E-state index contributed by atoms with van der Waals surface area (Å²) in [6.45, 7) is 5.61. The average Bonchev–Trinajstić information content (AvgIpc) is 3.23. The van der Waals surface area contributed by atoms with Crippen LogP contribution in [-0.2, 0) is 20.9 Å². The number of nitro groups is 1. The molecule has 1 amide bonds. The third-order valence-corrected chi connectivity index (χ3v) is 6.52. The van der Waals surface area contributed by atoms with Crippen LogP contribution in [0, 0.1) is 10.1 Å². The van der Waals surface area contributed by atoms with Crippen molar-refractivity contribution in [3.63, 3.8) is 0 Å². The Morgan fingerprint density at radius 3 is 2.64 bits per heavy atom. The van der Waals surface area contributed by atoms with Gasteiger partial charge in [0.05, 0.1) is 34.8 Å². The van der Waals surface area contributed by atoms with E-state index < -0.39 is 16.9 Å². The molecular formula is C26H26N4O5S. The highest BCUT2D eigenvalue weighted by Crippen LogP contribution is 2.45. The molecule has 2 aromatic carbocycles. The Morgan fingerprint density at radius 2 is 1.94 bits per heavy atom. The van der Waals surface area contributed by atoms with E-state index in [1.54, 1.807) is 37.8 Å². The molecule has 0 aromatic heterocycles. The number of amidine groups is 1. The molecule has 36 heavy (non-hydrogen) atoms. The number of rotatable bonds is 8. The number of carbonyl (C=O) groups is 2. The van der Waals surface area contributed by atoms with Crippen molar-refractivity contribution < 1.29 is 19.2 Å². The van der Waals surface area contributed by atoms with Gasteiger partial charge >= 0.3 is 5.97 Å². The third kappa shape index (κ3) is 5.49. The van der Waals surface area contributed by atoms with E-state index in [0.717, 1.165) is 5.56 Å². The standard InChI is InChI=1S/C26H26N4O5S/c1-16(2)35-25(32)23-17(3)28-26-29(24(23)19-10-7-11-20(12-19)30(33)34)21(15-36-26)13-22(31)27-14-18-8-5-4-6-9-18/h4-12,15-16,24H,13-14H2,1-3H3,(H,27,31). The molecule has 2 heterocycles. The predicted octanol–water partition coefficient (Wildman–Crippen LogP) is 4.83. The Balaban J connectivity index is 1.66. The van der Waals surface area contributed by atoms with Crippen molar-refractivity contribution in [2.75, 3.05) is 0 Å². The van der Waals surface area contributed by atoms with Crippen molar-refractivity contribution in [1.82, 2.24) is 10.2 Å². The Labute approximate surface area is 213 Å². The summed E-state index contributed by atoms with van der Waals surface area (Å²) >= 11 is 1.34. The maximum Gasteiger partial charge on any atom is 0.338 e. The summed E-state index contributed by atoms with van der Waals surface area (Å²) < 4.78 is 5.51. The van der Waals surface area contributed by atoms with E-state index in [4.69, 9.17) is 4.74 Å². The number of carbonyl (C=O) groups excluding carboxylic acids is 2. The minimum Gasteiger partial charge on any atom is -0.459 e. The number of thioether (sulfide) groups is 1. The molecule has 1 N–H and O–H groups in total. The Hall–Kier alpha value is -3.92. The number of nitro benzene ring substituents is 1. The fraction of sp³-hybridized carbons (Fsp3) is 0.269. The maximum absolute atomic E-state index is 13.2. The minimum absolute atomic E-state index is 0.0514. The summed E-state index contributed by atoms with van der Waals surface area (Å²) in [5, 5.41) is 16.8. The van der Waals surface area contributed by atoms with Gasteiger partial charge in [-0.15, -0.1) is 0 Å². The number of allylic oxidation sites excluding steroid dienone is 1. The van der Waals surface area contributed by atoms with Gasteiger partial charge in [0, 0.05) is 24.4 Å². The normalized spacial score (nSPS) is 16.9. The molecule has 2 aliphatic rings. The second kappa shape index (κ2) is 10.8. The SMILES string of the molecule is CC1=C(C(=O)OC(C)C)C(c2cccc([N+](=O)[O-])c2)N2C(CC(=O)NCc3ccccc3)=CSC2=N1. The van der Waals surface area contributed by atoms with Gasteiger partial charge in [-0.05, 0) is 37.3 Å². The van der Waals surface area contributed by atoms with E-state index >= 15 is 0 Å². The van der Waals surface area contributed by atoms with Crippen LogP contribution in [0.4, 0.5) is 5.69 Å². The number of amides is 1. The topological polar surface area (TPSA) is 114 Å². The van der Waals surface area contributed by atoms with Crippen molar-refractivity contribution in [3.8, 4) is 0 Å². The maximum atomic E-state index is 13.2. The number of hydrogen-bond donors (Lipinski definition) is 1. The van der Waals surface area contributed by atoms with Crippen LogP contribution in [0.2, 0.25) is 0 Å². The quantitative estimate of drug-likeness (QED) is 0.310.